The van der Waals surface area contributed by atoms with Gasteiger partial charge in [0, 0.05) is 12.8 Å². The van der Waals surface area contributed by atoms with Gasteiger partial charge in [0.15, 0.2) is 11.1 Å². The van der Waals surface area contributed by atoms with Gasteiger partial charge >= 0.3 is 0 Å². The van der Waals surface area contributed by atoms with Crippen molar-refractivity contribution < 1.29 is 18.3 Å². The predicted octanol–water partition coefficient (Wildman–Crippen LogP) is 0.890. The summed E-state index contributed by atoms with van der Waals surface area (Å²) in [6.45, 7) is 3.43. The summed E-state index contributed by atoms with van der Waals surface area (Å²) in [6, 6.07) is 0.123. The highest BCUT2D eigenvalue weighted by molar-refractivity contribution is 7.79. The van der Waals surface area contributed by atoms with Crippen LogP contribution in [-0.4, -0.2) is 41.8 Å². The molecule has 0 aliphatic carbocycles. The molecular weight excluding hydrogens is 218 g/mol. The van der Waals surface area contributed by atoms with Crippen molar-refractivity contribution in [3.8, 4) is 0 Å². The third-order valence-electron chi connectivity index (χ3n) is 2.50. The smallest absolute Gasteiger partial charge is 0.170 e. The molecular formula is C9H19NO4S. The fourth-order valence-electron chi connectivity index (χ4n) is 1.76. The van der Waals surface area contributed by atoms with Crippen LogP contribution in [-0.2, 0) is 25.1 Å². The second-order valence-electron chi connectivity index (χ2n) is 3.85. The van der Waals surface area contributed by atoms with Gasteiger partial charge in [0.25, 0.3) is 0 Å². The summed E-state index contributed by atoms with van der Waals surface area (Å²) in [5, 5.41) is 1.75. The first kappa shape index (κ1) is 13.1. The maximum absolute atomic E-state index is 11.0. The molecule has 1 saturated heterocycles. The molecule has 0 saturated carbocycles. The van der Waals surface area contributed by atoms with Gasteiger partial charge in [0.05, 0.1) is 13.2 Å². The molecule has 1 aliphatic heterocycles. The molecule has 1 rings (SSSR count). The summed E-state index contributed by atoms with van der Waals surface area (Å²) in [7, 11) is 1.48. The van der Waals surface area contributed by atoms with Crippen LogP contribution in [0.25, 0.3) is 0 Å². The molecule has 0 spiro atoms. The second kappa shape index (κ2) is 6.55. The summed E-state index contributed by atoms with van der Waals surface area (Å²) >= 11 is -1.27. The Kier molecular flexibility index (Phi) is 5.70. The van der Waals surface area contributed by atoms with Gasteiger partial charge < -0.3 is 0 Å². The average molecular weight is 237 g/mol. The minimum absolute atomic E-state index is 0.123. The van der Waals surface area contributed by atoms with Crippen LogP contribution in [0.15, 0.2) is 0 Å². The van der Waals surface area contributed by atoms with Crippen LogP contribution in [0, 0.1) is 5.92 Å². The van der Waals surface area contributed by atoms with Gasteiger partial charge in [-0.2, -0.15) is 9.35 Å². The number of nitrogens with zero attached hydrogens (tertiary/aromatic N) is 1. The molecule has 0 aromatic carbocycles. The number of piperidine rings is 1. The molecule has 3 unspecified atom stereocenters. The molecule has 1 heterocycles. The maximum atomic E-state index is 11.0. The van der Waals surface area contributed by atoms with Crippen molar-refractivity contribution in [2.24, 2.45) is 5.92 Å². The van der Waals surface area contributed by atoms with E-state index in [0.717, 1.165) is 19.4 Å². The van der Waals surface area contributed by atoms with E-state index in [-0.39, 0.29) is 6.04 Å². The summed E-state index contributed by atoms with van der Waals surface area (Å²) in [5.41, 5.74) is 0. The third-order valence-corrected chi connectivity index (χ3v) is 2.90. The molecule has 0 aromatic heterocycles. The first-order valence-corrected chi connectivity index (χ1v) is 6.56. The number of hydrogen-bond acceptors (Lipinski definition) is 5. The van der Waals surface area contributed by atoms with Crippen molar-refractivity contribution in [3.05, 3.63) is 0 Å². The fraction of sp³-hybridized carbons (Fsp3) is 1.00. The summed E-state index contributed by atoms with van der Waals surface area (Å²) in [6.07, 6.45) is 3.55. The molecule has 6 heteroatoms. The Morgan fingerprint density at radius 2 is 2.27 bits per heavy atom. The van der Waals surface area contributed by atoms with E-state index in [1.165, 1.54) is 13.4 Å². The highest BCUT2D eigenvalue weighted by Crippen LogP contribution is 2.23. The molecule has 0 bridgehead atoms. The lowest BCUT2D eigenvalue weighted by Gasteiger charge is -2.35. The average Bonchev–Trinajstić information content (AvgIpc) is 2.18. The zero-order valence-electron chi connectivity index (χ0n) is 9.47. The highest BCUT2D eigenvalue weighted by Gasteiger charge is 2.28. The van der Waals surface area contributed by atoms with E-state index >= 15 is 0 Å². The Bertz CT molecular complexity index is 214. The van der Waals surface area contributed by atoms with E-state index in [1.54, 1.807) is 5.06 Å². The molecule has 3 atom stereocenters. The Balaban J connectivity index is 2.45. The lowest BCUT2D eigenvalue weighted by Crippen LogP contribution is -2.44. The second-order valence-corrected chi connectivity index (χ2v) is 4.80. The lowest BCUT2D eigenvalue weighted by molar-refractivity contribution is -0.292. The first-order valence-electron chi connectivity index (χ1n) is 5.07. The molecule has 0 amide bonds. The van der Waals surface area contributed by atoms with Crippen LogP contribution in [0.1, 0.15) is 19.8 Å². The zero-order valence-corrected chi connectivity index (χ0v) is 10.3. The zero-order chi connectivity index (χ0) is 11.3. The lowest BCUT2D eigenvalue weighted by atomic mass is 9.94. The molecule has 1 fully saturated rings. The minimum Gasteiger partial charge on any atom is -0.240 e. The van der Waals surface area contributed by atoms with Gasteiger partial charge in [-0.1, -0.05) is 6.92 Å². The first-order chi connectivity index (χ1) is 7.13. The standard InChI is InChI=1S/C9H19NO4S/c1-8-4-5-10(14-15(3)11)9(6-8)7-13-12-2/h8-9H,4-7H2,1-3H3. The Morgan fingerprint density at radius 1 is 1.53 bits per heavy atom. The van der Waals surface area contributed by atoms with Gasteiger partial charge in [-0.05, 0) is 18.8 Å². The van der Waals surface area contributed by atoms with Crippen molar-refractivity contribution in [2.75, 3.05) is 26.5 Å². The van der Waals surface area contributed by atoms with Crippen molar-refractivity contribution in [3.63, 3.8) is 0 Å². The highest BCUT2D eigenvalue weighted by atomic mass is 32.2. The predicted molar refractivity (Wildman–Crippen MR) is 57.0 cm³/mol. The molecule has 0 aromatic rings. The summed E-state index contributed by atoms with van der Waals surface area (Å²) < 4.78 is 16.2. The number of rotatable bonds is 5. The van der Waals surface area contributed by atoms with E-state index in [4.69, 9.17) is 9.17 Å². The largest absolute Gasteiger partial charge is 0.240 e. The van der Waals surface area contributed by atoms with Gasteiger partial charge in [-0.3, -0.25) is 0 Å². The maximum Gasteiger partial charge on any atom is 0.170 e. The van der Waals surface area contributed by atoms with Crippen LogP contribution in [0.3, 0.4) is 0 Å². The molecule has 1 aliphatic rings. The van der Waals surface area contributed by atoms with E-state index in [1.807, 2.05) is 0 Å². The van der Waals surface area contributed by atoms with Crippen molar-refractivity contribution in [2.45, 2.75) is 25.8 Å². The summed E-state index contributed by atoms with van der Waals surface area (Å²) in [5.74, 6) is 0.639. The normalized spacial score (nSPS) is 30.3. The van der Waals surface area contributed by atoms with E-state index < -0.39 is 11.1 Å². The summed E-state index contributed by atoms with van der Waals surface area (Å²) in [4.78, 5) is 9.49. The topological polar surface area (TPSA) is 48.0 Å². The van der Waals surface area contributed by atoms with E-state index in [9.17, 15) is 4.21 Å². The van der Waals surface area contributed by atoms with Crippen LogP contribution < -0.4 is 0 Å². The number of hydrogen-bond donors (Lipinski definition) is 0. The van der Waals surface area contributed by atoms with Gasteiger partial charge in [0.2, 0.25) is 0 Å². The molecule has 90 valence electrons. The van der Waals surface area contributed by atoms with Gasteiger partial charge in [-0.15, -0.1) is 0 Å². The van der Waals surface area contributed by atoms with Gasteiger partial charge in [-0.25, -0.2) is 14.0 Å². The van der Waals surface area contributed by atoms with Crippen LogP contribution in [0.5, 0.6) is 0 Å². The van der Waals surface area contributed by atoms with Crippen LogP contribution >= 0.6 is 0 Å². The van der Waals surface area contributed by atoms with Crippen LogP contribution in [0.2, 0.25) is 0 Å². The SMILES string of the molecule is COOCC1CC(C)CCN1OS(C)=O. The third kappa shape index (κ3) is 4.56. The van der Waals surface area contributed by atoms with E-state index in [0.29, 0.717) is 12.5 Å². The Hall–Kier alpha value is -0.0100. The fourth-order valence-corrected chi connectivity index (χ4v) is 2.23. The van der Waals surface area contributed by atoms with Crippen molar-refractivity contribution >= 4 is 11.1 Å². The van der Waals surface area contributed by atoms with Gasteiger partial charge in [0.1, 0.15) is 6.61 Å². The Labute approximate surface area is 93.2 Å². The molecule has 15 heavy (non-hydrogen) atoms. The van der Waals surface area contributed by atoms with Crippen molar-refractivity contribution in [1.29, 1.82) is 0 Å². The molecule has 0 radical (unpaired) electrons. The monoisotopic (exact) mass is 237 g/mol. The van der Waals surface area contributed by atoms with Crippen molar-refractivity contribution in [1.82, 2.24) is 5.06 Å². The van der Waals surface area contributed by atoms with Crippen LogP contribution in [0.4, 0.5) is 0 Å². The quantitative estimate of drug-likeness (QED) is 0.525. The molecule has 0 N–H and O–H groups in total. The molecule has 5 nitrogen and oxygen atoms in total. The minimum atomic E-state index is -1.27. The Morgan fingerprint density at radius 3 is 2.87 bits per heavy atom. The number of hydroxylamine groups is 2. The van der Waals surface area contributed by atoms with E-state index in [2.05, 4.69) is 11.8 Å².